The summed E-state index contributed by atoms with van der Waals surface area (Å²) in [5, 5.41) is 4.86. The molecule has 0 bridgehead atoms. The number of ether oxygens (including phenoxy) is 1. The number of hydrogen-bond donors (Lipinski definition) is 0. The summed E-state index contributed by atoms with van der Waals surface area (Å²) in [7, 11) is 0. The Morgan fingerprint density at radius 1 is 0.935 bits per heavy atom. The van der Waals surface area contributed by atoms with Crippen molar-refractivity contribution < 1.29 is 14.3 Å². The summed E-state index contributed by atoms with van der Waals surface area (Å²) in [6.45, 7) is 1.58. The van der Waals surface area contributed by atoms with E-state index in [4.69, 9.17) is 16.3 Å². The number of aromatic nitrogens is 3. The number of ketones is 1. The van der Waals surface area contributed by atoms with Gasteiger partial charge in [0.2, 0.25) is 0 Å². The minimum Gasteiger partial charge on any atom is -0.451 e. The second-order valence-corrected chi connectivity index (χ2v) is 7.32. The van der Waals surface area contributed by atoms with Crippen molar-refractivity contribution in [2.24, 2.45) is 0 Å². The van der Waals surface area contributed by atoms with Crippen LogP contribution in [0.15, 0.2) is 78.9 Å². The largest absolute Gasteiger partial charge is 0.451 e. The first-order chi connectivity index (χ1) is 15.0. The molecule has 0 saturated carbocycles. The van der Waals surface area contributed by atoms with Crippen LogP contribution in [0.3, 0.4) is 0 Å². The minimum atomic E-state index is -0.773. The number of halogens is 1. The van der Waals surface area contributed by atoms with E-state index >= 15 is 0 Å². The van der Waals surface area contributed by atoms with Gasteiger partial charge in [-0.25, -0.2) is 14.5 Å². The number of para-hydroxylation sites is 1. The zero-order chi connectivity index (χ0) is 21.8. The summed E-state index contributed by atoms with van der Waals surface area (Å²) in [5.74, 6) is -0.734. The molecule has 0 aliphatic carbocycles. The van der Waals surface area contributed by atoms with Gasteiger partial charge in [0.05, 0.1) is 5.69 Å². The first kappa shape index (κ1) is 20.5. The topological polar surface area (TPSA) is 74.1 Å². The SMILES string of the molecule is Cc1ccc(-c2nc(C(=O)OCC(=O)c3ccc(Cl)cc3)nn2-c2ccccc2)cc1. The number of esters is 1. The zero-order valence-electron chi connectivity index (χ0n) is 16.7. The normalized spacial score (nSPS) is 10.6. The highest BCUT2D eigenvalue weighted by molar-refractivity contribution is 6.30. The summed E-state index contributed by atoms with van der Waals surface area (Å²) in [4.78, 5) is 29.3. The van der Waals surface area contributed by atoms with Crippen LogP contribution in [0, 0.1) is 6.92 Å². The molecule has 31 heavy (non-hydrogen) atoms. The Labute approximate surface area is 184 Å². The van der Waals surface area contributed by atoms with Crippen molar-refractivity contribution >= 4 is 23.4 Å². The molecule has 1 aromatic heterocycles. The Morgan fingerprint density at radius 2 is 1.61 bits per heavy atom. The van der Waals surface area contributed by atoms with E-state index in [0.717, 1.165) is 16.8 Å². The number of rotatable bonds is 6. The lowest BCUT2D eigenvalue weighted by atomic mass is 10.1. The van der Waals surface area contributed by atoms with Crippen LogP contribution in [0.5, 0.6) is 0 Å². The fourth-order valence-corrected chi connectivity index (χ4v) is 3.08. The highest BCUT2D eigenvalue weighted by atomic mass is 35.5. The third-order valence-electron chi connectivity index (χ3n) is 4.60. The molecule has 0 fully saturated rings. The average Bonchev–Trinajstić information content (AvgIpc) is 3.24. The van der Waals surface area contributed by atoms with Gasteiger partial charge in [-0.05, 0) is 43.3 Å². The second kappa shape index (κ2) is 8.93. The maximum atomic E-state index is 12.6. The van der Waals surface area contributed by atoms with Crippen molar-refractivity contribution in [3.63, 3.8) is 0 Å². The van der Waals surface area contributed by atoms with Crippen molar-refractivity contribution in [2.75, 3.05) is 6.61 Å². The van der Waals surface area contributed by atoms with Gasteiger partial charge in [-0.2, -0.15) is 0 Å². The number of hydrogen-bond acceptors (Lipinski definition) is 5. The summed E-state index contributed by atoms with van der Waals surface area (Å²) >= 11 is 5.84. The van der Waals surface area contributed by atoms with Crippen LogP contribution in [0.1, 0.15) is 26.5 Å². The van der Waals surface area contributed by atoms with Gasteiger partial charge in [0.1, 0.15) is 0 Å². The van der Waals surface area contributed by atoms with Crippen molar-refractivity contribution in [3.05, 3.63) is 101 Å². The molecule has 0 unspecified atom stereocenters. The highest BCUT2D eigenvalue weighted by Crippen LogP contribution is 2.22. The van der Waals surface area contributed by atoms with Crippen LogP contribution in [0.4, 0.5) is 0 Å². The van der Waals surface area contributed by atoms with Crippen molar-refractivity contribution in [3.8, 4) is 17.1 Å². The number of benzene rings is 3. The summed E-state index contributed by atoms with van der Waals surface area (Å²) in [5.41, 5.74) is 3.07. The Hall–Kier alpha value is -3.77. The molecule has 4 aromatic rings. The molecule has 0 N–H and O–H groups in total. The predicted molar refractivity (Wildman–Crippen MR) is 118 cm³/mol. The molecule has 0 aliphatic heterocycles. The lowest BCUT2D eigenvalue weighted by Gasteiger charge is -2.05. The average molecular weight is 432 g/mol. The summed E-state index contributed by atoms with van der Waals surface area (Å²) in [6, 6.07) is 23.5. The van der Waals surface area contributed by atoms with E-state index in [0.29, 0.717) is 16.4 Å². The summed E-state index contributed by atoms with van der Waals surface area (Å²) < 4.78 is 6.76. The van der Waals surface area contributed by atoms with Gasteiger partial charge in [-0.3, -0.25) is 4.79 Å². The van der Waals surface area contributed by atoms with Crippen LogP contribution in [0.2, 0.25) is 5.02 Å². The molecule has 0 radical (unpaired) electrons. The Kier molecular flexibility index (Phi) is 5.91. The van der Waals surface area contributed by atoms with Crippen molar-refractivity contribution in [1.29, 1.82) is 0 Å². The van der Waals surface area contributed by atoms with Gasteiger partial charge in [-0.15, -0.1) is 5.10 Å². The molecule has 0 aliphatic rings. The van der Waals surface area contributed by atoms with E-state index in [2.05, 4.69) is 10.1 Å². The molecule has 1 heterocycles. The van der Waals surface area contributed by atoms with Gasteiger partial charge in [0.25, 0.3) is 5.82 Å². The third kappa shape index (κ3) is 4.70. The first-order valence-electron chi connectivity index (χ1n) is 9.57. The molecule has 6 nitrogen and oxygen atoms in total. The molecule has 0 saturated heterocycles. The van der Waals surface area contributed by atoms with Gasteiger partial charge in [0.15, 0.2) is 18.2 Å². The maximum Gasteiger partial charge on any atom is 0.378 e. The number of aryl methyl sites for hydroxylation is 1. The van der Waals surface area contributed by atoms with Crippen molar-refractivity contribution in [1.82, 2.24) is 14.8 Å². The second-order valence-electron chi connectivity index (χ2n) is 6.88. The molecule has 0 atom stereocenters. The Morgan fingerprint density at radius 3 is 2.29 bits per heavy atom. The van der Waals surface area contributed by atoms with Crippen molar-refractivity contribution in [2.45, 2.75) is 6.92 Å². The molecule has 4 rings (SSSR count). The molecule has 0 spiro atoms. The fourth-order valence-electron chi connectivity index (χ4n) is 2.95. The molecule has 3 aromatic carbocycles. The van der Waals surface area contributed by atoms with E-state index in [1.54, 1.807) is 28.9 Å². The first-order valence-corrected chi connectivity index (χ1v) is 9.94. The van der Waals surface area contributed by atoms with Crippen LogP contribution in [-0.4, -0.2) is 33.1 Å². The van der Waals surface area contributed by atoms with Gasteiger partial charge >= 0.3 is 5.97 Å². The fraction of sp³-hybridized carbons (Fsp3) is 0.0833. The highest BCUT2D eigenvalue weighted by Gasteiger charge is 2.21. The van der Waals surface area contributed by atoms with Crippen LogP contribution < -0.4 is 0 Å². The van der Waals surface area contributed by atoms with Crippen LogP contribution >= 0.6 is 11.6 Å². The summed E-state index contributed by atoms with van der Waals surface area (Å²) in [6.07, 6.45) is 0. The Bertz CT molecular complexity index is 1220. The predicted octanol–water partition coefficient (Wildman–Crippen LogP) is 4.94. The van der Waals surface area contributed by atoms with E-state index in [-0.39, 0.29) is 11.6 Å². The van der Waals surface area contributed by atoms with E-state index in [1.165, 1.54) is 0 Å². The number of nitrogens with zero attached hydrogens (tertiary/aromatic N) is 3. The minimum absolute atomic E-state index is 0.122. The molecule has 7 heteroatoms. The van der Waals surface area contributed by atoms with E-state index in [9.17, 15) is 9.59 Å². The van der Waals surface area contributed by atoms with Gasteiger partial charge in [-0.1, -0.05) is 59.6 Å². The van der Waals surface area contributed by atoms with Crippen LogP contribution in [0.25, 0.3) is 17.1 Å². The third-order valence-corrected chi connectivity index (χ3v) is 4.85. The monoisotopic (exact) mass is 431 g/mol. The lowest BCUT2D eigenvalue weighted by molar-refractivity contribution is 0.0462. The molecule has 0 amide bonds. The maximum absolute atomic E-state index is 12.6. The van der Waals surface area contributed by atoms with E-state index < -0.39 is 12.6 Å². The van der Waals surface area contributed by atoms with Gasteiger partial charge < -0.3 is 4.74 Å². The lowest BCUT2D eigenvalue weighted by Crippen LogP contribution is -2.15. The number of Topliss-reactive ketones (excluding diaryl/α,β-unsaturated/α-hetero) is 1. The quantitative estimate of drug-likeness (QED) is 0.319. The standard InChI is InChI=1S/C24H18ClN3O3/c1-16-7-9-18(10-8-16)23-26-22(27-28(23)20-5-3-2-4-6-20)24(30)31-15-21(29)17-11-13-19(25)14-12-17/h2-14H,15H2,1H3. The van der Waals surface area contributed by atoms with E-state index in [1.807, 2.05) is 61.5 Å². The number of carbonyl (C=O) groups is 2. The molecule has 154 valence electrons. The zero-order valence-corrected chi connectivity index (χ0v) is 17.4. The Balaban J connectivity index is 1.59. The number of carbonyl (C=O) groups excluding carboxylic acids is 2. The molecular weight excluding hydrogens is 414 g/mol. The smallest absolute Gasteiger partial charge is 0.378 e. The van der Waals surface area contributed by atoms with Gasteiger partial charge in [0, 0.05) is 16.1 Å². The molecular formula is C24H18ClN3O3. The van der Waals surface area contributed by atoms with Crippen LogP contribution in [-0.2, 0) is 4.74 Å².